The highest BCUT2D eigenvalue weighted by atomic mass is 16.4. The Balaban J connectivity index is 2.10. The number of benzene rings is 1. The molecule has 0 aliphatic carbocycles. The number of aliphatic hydroxyl groups is 1. The number of aryl methyl sites for hydroxylation is 1. The van der Waals surface area contributed by atoms with Gasteiger partial charge in [0.15, 0.2) is 6.10 Å². The molecule has 0 bridgehead atoms. The van der Waals surface area contributed by atoms with Crippen LogP contribution < -0.4 is 0 Å². The van der Waals surface area contributed by atoms with E-state index < -0.39 is 6.10 Å². The molecule has 2 aromatic heterocycles. The lowest BCUT2D eigenvalue weighted by molar-refractivity contribution is 0.165. The number of aliphatic hydroxyl groups excluding tert-OH is 1. The summed E-state index contributed by atoms with van der Waals surface area (Å²) in [5.41, 5.74) is 1.87. The summed E-state index contributed by atoms with van der Waals surface area (Å²) in [5, 5.41) is 11.1. The van der Waals surface area contributed by atoms with Gasteiger partial charge in [-0.1, -0.05) is 18.2 Å². The third-order valence-electron chi connectivity index (χ3n) is 2.84. The van der Waals surface area contributed by atoms with Crippen molar-refractivity contribution in [2.75, 3.05) is 0 Å². The summed E-state index contributed by atoms with van der Waals surface area (Å²) in [6.45, 7) is 1.98. The minimum absolute atomic E-state index is 0.488. The van der Waals surface area contributed by atoms with Crippen molar-refractivity contribution in [3.63, 3.8) is 0 Å². The van der Waals surface area contributed by atoms with Crippen LogP contribution in [0.5, 0.6) is 0 Å². The average molecular weight is 228 g/mol. The molecule has 3 heteroatoms. The van der Waals surface area contributed by atoms with E-state index in [4.69, 9.17) is 8.83 Å². The Morgan fingerprint density at radius 2 is 2.00 bits per heavy atom. The monoisotopic (exact) mass is 228 g/mol. The second-order valence-corrected chi connectivity index (χ2v) is 4.06. The second kappa shape index (κ2) is 3.79. The van der Waals surface area contributed by atoms with Crippen molar-refractivity contribution in [3.8, 4) is 0 Å². The van der Waals surface area contributed by atoms with E-state index in [2.05, 4.69) is 0 Å². The molecule has 0 spiro atoms. The molecule has 0 fully saturated rings. The smallest absolute Gasteiger partial charge is 0.169 e. The van der Waals surface area contributed by atoms with E-state index in [9.17, 15) is 5.11 Å². The van der Waals surface area contributed by atoms with E-state index in [1.54, 1.807) is 12.1 Å². The molecule has 0 radical (unpaired) electrons. The highest BCUT2D eigenvalue weighted by Crippen LogP contribution is 2.29. The van der Waals surface area contributed by atoms with Crippen LogP contribution in [-0.4, -0.2) is 5.11 Å². The molecule has 0 saturated heterocycles. The van der Waals surface area contributed by atoms with Crippen molar-refractivity contribution < 1.29 is 13.9 Å². The molecule has 3 nitrogen and oxygen atoms in total. The van der Waals surface area contributed by atoms with Gasteiger partial charge in [0.05, 0.1) is 6.26 Å². The Morgan fingerprint density at radius 3 is 2.71 bits per heavy atom. The van der Waals surface area contributed by atoms with Crippen molar-refractivity contribution >= 4 is 11.0 Å². The van der Waals surface area contributed by atoms with Gasteiger partial charge in [-0.05, 0) is 30.7 Å². The van der Waals surface area contributed by atoms with E-state index in [0.717, 1.165) is 16.5 Å². The largest absolute Gasteiger partial charge is 0.466 e. The molecule has 1 N–H and O–H groups in total. The fourth-order valence-corrected chi connectivity index (χ4v) is 1.95. The lowest BCUT2D eigenvalue weighted by atomic mass is 10.1. The Kier molecular flexibility index (Phi) is 2.27. The Labute approximate surface area is 98.3 Å². The lowest BCUT2D eigenvalue weighted by Gasteiger charge is -2.02. The predicted octanol–water partition coefficient (Wildman–Crippen LogP) is 3.42. The summed E-state index contributed by atoms with van der Waals surface area (Å²) >= 11 is 0. The third kappa shape index (κ3) is 1.65. The van der Waals surface area contributed by atoms with E-state index in [-0.39, 0.29) is 0 Å². The summed E-state index contributed by atoms with van der Waals surface area (Å²) in [4.78, 5) is 0. The van der Waals surface area contributed by atoms with Crippen LogP contribution in [0.15, 0.2) is 51.5 Å². The van der Waals surface area contributed by atoms with Gasteiger partial charge >= 0.3 is 0 Å². The zero-order valence-corrected chi connectivity index (χ0v) is 9.38. The SMILES string of the molecule is Cc1cccc2cc(C(O)c3ccco3)oc12. The molecular formula is C14H12O3. The Bertz CT molecular complexity index is 635. The van der Waals surface area contributed by atoms with Gasteiger partial charge in [-0.3, -0.25) is 0 Å². The molecular weight excluding hydrogens is 216 g/mol. The van der Waals surface area contributed by atoms with Gasteiger partial charge in [0.2, 0.25) is 0 Å². The van der Waals surface area contributed by atoms with Gasteiger partial charge in [-0.2, -0.15) is 0 Å². The highest BCUT2D eigenvalue weighted by molar-refractivity contribution is 5.81. The maximum atomic E-state index is 10.1. The Morgan fingerprint density at radius 1 is 1.12 bits per heavy atom. The van der Waals surface area contributed by atoms with E-state index >= 15 is 0 Å². The third-order valence-corrected chi connectivity index (χ3v) is 2.84. The zero-order valence-electron chi connectivity index (χ0n) is 9.38. The maximum Gasteiger partial charge on any atom is 0.169 e. The zero-order chi connectivity index (χ0) is 11.8. The second-order valence-electron chi connectivity index (χ2n) is 4.06. The van der Waals surface area contributed by atoms with Crippen LogP contribution in [0.2, 0.25) is 0 Å². The minimum atomic E-state index is -0.850. The average Bonchev–Trinajstić information content (AvgIpc) is 2.98. The Hall–Kier alpha value is -2.00. The van der Waals surface area contributed by atoms with E-state index in [0.29, 0.717) is 11.5 Å². The quantitative estimate of drug-likeness (QED) is 0.731. The van der Waals surface area contributed by atoms with Crippen LogP contribution >= 0.6 is 0 Å². The molecule has 0 aliphatic heterocycles. The fraction of sp³-hybridized carbons (Fsp3) is 0.143. The van der Waals surface area contributed by atoms with Gasteiger partial charge in [0.1, 0.15) is 17.1 Å². The number of furan rings is 2. The number of rotatable bonds is 2. The molecule has 3 rings (SSSR count). The van der Waals surface area contributed by atoms with E-state index in [1.807, 2.05) is 31.2 Å². The molecule has 0 saturated carbocycles. The van der Waals surface area contributed by atoms with Gasteiger partial charge in [-0.15, -0.1) is 0 Å². The van der Waals surface area contributed by atoms with Gasteiger partial charge < -0.3 is 13.9 Å². The normalized spacial score (nSPS) is 13.1. The van der Waals surface area contributed by atoms with Gasteiger partial charge in [0.25, 0.3) is 0 Å². The summed E-state index contributed by atoms with van der Waals surface area (Å²) < 4.78 is 10.8. The molecule has 0 aliphatic rings. The molecule has 1 unspecified atom stereocenters. The molecule has 1 atom stereocenters. The predicted molar refractivity (Wildman–Crippen MR) is 63.7 cm³/mol. The van der Waals surface area contributed by atoms with Crippen molar-refractivity contribution in [3.05, 3.63) is 59.7 Å². The first-order valence-corrected chi connectivity index (χ1v) is 5.46. The highest BCUT2D eigenvalue weighted by Gasteiger charge is 2.18. The van der Waals surface area contributed by atoms with Crippen molar-refractivity contribution in [1.29, 1.82) is 0 Å². The number of para-hydroxylation sites is 1. The molecule has 86 valence electrons. The summed E-state index contributed by atoms with van der Waals surface area (Å²) in [7, 11) is 0. The number of hydrogen-bond acceptors (Lipinski definition) is 3. The fourth-order valence-electron chi connectivity index (χ4n) is 1.95. The summed E-state index contributed by atoms with van der Waals surface area (Å²) in [5.74, 6) is 0.992. The molecule has 3 aromatic rings. The van der Waals surface area contributed by atoms with Crippen LogP contribution in [0, 0.1) is 6.92 Å². The first-order valence-electron chi connectivity index (χ1n) is 5.46. The lowest BCUT2D eigenvalue weighted by Crippen LogP contribution is -1.95. The maximum absolute atomic E-state index is 10.1. The van der Waals surface area contributed by atoms with E-state index in [1.165, 1.54) is 6.26 Å². The molecule has 2 heterocycles. The summed E-state index contributed by atoms with van der Waals surface area (Å²) in [6.07, 6.45) is 0.684. The van der Waals surface area contributed by atoms with Crippen LogP contribution in [0.1, 0.15) is 23.2 Å². The standard InChI is InChI=1S/C14H12O3/c1-9-4-2-5-10-8-12(17-14(9)10)13(15)11-6-3-7-16-11/h2-8,13,15H,1H3. The first kappa shape index (κ1) is 10.2. The van der Waals surface area contributed by atoms with Crippen LogP contribution in [-0.2, 0) is 0 Å². The van der Waals surface area contributed by atoms with Crippen LogP contribution in [0.4, 0.5) is 0 Å². The van der Waals surface area contributed by atoms with Gasteiger partial charge in [-0.25, -0.2) is 0 Å². The van der Waals surface area contributed by atoms with Crippen LogP contribution in [0.25, 0.3) is 11.0 Å². The van der Waals surface area contributed by atoms with Crippen molar-refractivity contribution in [2.45, 2.75) is 13.0 Å². The van der Waals surface area contributed by atoms with Crippen molar-refractivity contribution in [2.24, 2.45) is 0 Å². The van der Waals surface area contributed by atoms with Crippen molar-refractivity contribution in [1.82, 2.24) is 0 Å². The van der Waals surface area contributed by atoms with Crippen LogP contribution in [0.3, 0.4) is 0 Å². The molecule has 17 heavy (non-hydrogen) atoms. The minimum Gasteiger partial charge on any atom is -0.466 e. The molecule has 1 aromatic carbocycles. The number of fused-ring (bicyclic) bond motifs is 1. The first-order chi connectivity index (χ1) is 8.25. The topological polar surface area (TPSA) is 46.5 Å². The molecule has 0 amide bonds. The summed E-state index contributed by atoms with van der Waals surface area (Å²) in [6, 6.07) is 11.2. The van der Waals surface area contributed by atoms with Gasteiger partial charge in [0, 0.05) is 5.39 Å². The number of hydrogen-bond donors (Lipinski definition) is 1.